The number of methoxy groups -OCH3 is 1. The molecule has 0 aliphatic rings. The first-order valence-corrected chi connectivity index (χ1v) is 9.84. The number of ether oxygens (including phenoxy) is 1. The summed E-state index contributed by atoms with van der Waals surface area (Å²) in [7, 11) is 0.539. The zero-order valence-corrected chi connectivity index (χ0v) is 19.3. The van der Waals surface area contributed by atoms with Gasteiger partial charge in [0.1, 0.15) is 0 Å². The van der Waals surface area contributed by atoms with Gasteiger partial charge in [0, 0.05) is 11.6 Å². The summed E-state index contributed by atoms with van der Waals surface area (Å²) < 4.78 is 233. The molecular weight excluding hydrogens is 635 g/mol. The molecule has 1 rings (SSSR count). The number of rotatable bonds is 10. The summed E-state index contributed by atoms with van der Waals surface area (Å²) in [5.41, 5.74) is -3.29. The van der Waals surface area contributed by atoms with Crippen molar-refractivity contribution >= 4 is 15.9 Å². The smallest absolute Gasteiger partial charge is 0.374 e. The van der Waals surface area contributed by atoms with Crippen LogP contribution in [0.25, 0.3) is 0 Å². The first kappa shape index (κ1) is 33.5. The monoisotopic (exact) mass is 646 g/mol. The van der Waals surface area contributed by atoms with Gasteiger partial charge in [-0.05, 0) is 24.6 Å². The van der Waals surface area contributed by atoms with Crippen molar-refractivity contribution in [2.45, 2.75) is 66.6 Å². The molecule has 1 atom stereocenters. The summed E-state index contributed by atoms with van der Waals surface area (Å²) in [5.74, 6) is -56.6. The van der Waals surface area contributed by atoms with Crippen LogP contribution in [0.3, 0.4) is 0 Å². The predicted octanol–water partition coefficient (Wildman–Crippen LogP) is 8.71. The van der Waals surface area contributed by atoms with E-state index in [0.717, 1.165) is 24.3 Å². The zero-order valence-electron chi connectivity index (χ0n) is 17.7. The second-order valence-electron chi connectivity index (χ2n) is 7.77. The molecule has 1 aromatic rings. The first-order chi connectivity index (χ1) is 16.0. The Bertz CT molecular complexity index is 954. The van der Waals surface area contributed by atoms with Crippen molar-refractivity contribution < 1.29 is 79.4 Å². The van der Waals surface area contributed by atoms with Crippen molar-refractivity contribution in [1.29, 1.82) is 0 Å². The molecule has 37 heavy (non-hydrogen) atoms. The van der Waals surface area contributed by atoms with Gasteiger partial charge in [0.05, 0.1) is 12.0 Å². The van der Waals surface area contributed by atoms with Crippen LogP contribution in [-0.4, -0.2) is 54.7 Å². The molecule has 19 heteroatoms. The average molecular weight is 647 g/mol. The van der Waals surface area contributed by atoms with Gasteiger partial charge in [-0.25, -0.2) is 0 Å². The highest BCUT2D eigenvalue weighted by molar-refractivity contribution is 9.10. The third-order valence-electron chi connectivity index (χ3n) is 5.25. The van der Waals surface area contributed by atoms with Crippen molar-refractivity contribution in [2.75, 3.05) is 7.11 Å². The summed E-state index contributed by atoms with van der Waals surface area (Å²) in [6.45, 7) is 0.517. The lowest BCUT2D eigenvalue weighted by molar-refractivity contribution is -0.462. The lowest BCUT2D eigenvalue weighted by Crippen LogP contribution is -2.74. The molecule has 0 fully saturated rings. The van der Waals surface area contributed by atoms with Gasteiger partial charge in [0.2, 0.25) is 0 Å². The molecule has 0 saturated heterocycles. The largest absolute Gasteiger partial charge is 0.460 e. The molecule has 0 radical (unpaired) electrons. The minimum atomic E-state index is -8.65. The van der Waals surface area contributed by atoms with Crippen LogP contribution in [0.4, 0.5) is 74.6 Å². The Morgan fingerprint density at radius 1 is 0.568 bits per heavy atom. The predicted molar refractivity (Wildman–Crippen MR) is 93.8 cm³/mol. The lowest BCUT2D eigenvalue weighted by atomic mass is 9.83. The minimum Gasteiger partial charge on any atom is -0.374 e. The molecule has 216 valence electrons. The molecule has 0 aromatic heterocycles. The summed E-state index contributed by atoms with van der Waals surface area (Å²) in [5, 5.41) is 0. The maximum Gasteiger partial charge on any atom is 0.460 e. The standard InChI is InChI=1S/C18H12BrF17O/c1-10(37-2,8-3-5-9(19)6-4-8)7-11(20,21)12(22,23)13(24,25)14(26,27)15(28,29)16(30,31)17(32,33)18(34,35)36/h3-6H,7H2,1-2H3. The van der Waals surface area contributed by atoms with Crippen molar-refractivity contribution in [3.05, 3.63) is 34.3 Å². The van der Waals surface area contributed by atoms with E-state index in [2.05, 4.69) is 20.7 Å². The molecule has 0 heterocycles. The minimum absolute atomic E-state index is 0.247. The van der Waals surface area contributed by atoms with E-state index in [0.29, 0.717) is 14.0 Å². The maximum atomic E-state index is 14.4. The number of hydrogen-bond acceptors (Lipinski definition) is 1. The van der Waals surface area contributed by atoms with Crippen LogP contribution >= 0.6 is 15.9 Å². The summed E-state index contributed by atoms with van der Waals surface area (Å²) >= 11 is 2.89. The van der Waals surface area contributed by atoms with Gasteiger partial charge in [-0.15, -0.1) is 0 Å². The topological polar surface area (TPSA) is 9.23 Å². The van der Waals surface area contributed by atoms with E-state index in [1.165, 1.54) is 0 Å². The summed E-state index contributed by atoms with van der Waals surface area (Å²) in [4.78, 5) is 0. The van der Waals surface area contributed by atoms with Crippen LogP contribution in [0.2, 0.25) is 0 Å². The SMILES string of the molecule is COC(C)(CC(F)(F)C(F)(F)C(F)(F)C(F)(F)C(F)(F)C(F)(F)C(F)(F)C(F)(F)F)c1ccc(Br)cc1. The van der Waals surface area contributed by atoms with E-state index >= 15 is 0 Å². The van der Waals surface area contributed by atoms with E-state index in [9.17, 15) is 74.6 Å². The van der Waals surface area contributed by atoms with Crippen molar-refractivity contribution in [3.8, 4) is 0 Å². The molecule has 0 spiro atoms. The Hall–Kier alpha value is -1.53. The first-order valence-electron chi connectivity index (χ1n) is 9.04. The van der Waals surface area contributed by atoms with Gasteiger partial charge in [0.25, 0.3) is 0 Å². The van der Waals surface area contributed by atoms with Gasteiger partial charge >= 0.3 is 47.6 Å². The van der Waals surface area contributed by atoms with E-state index in [1.54, 1.807) is 0 Å². The van der Waals surface area contributed by atoms with Gasteiger partial charge in [-0.1, -0.05) is 28.1 Å². The van der Waals surface area contributed by atoms with Crippen LogP contribution in [0.15, 0.2) is 28.7 Å². The number of alkyl halides is 17. The van der Waals surface area contributed by atoms with E-state index in [-0.39, 0.29) is 4.47 Å². The van der Waals surface area contributed by atoms with Crippen molar-refractivity contribution in [3.63, 3.8) is 0 Å². The van der Waals surface area contributed by atoms with E-state index < -0.39 is 65.2 Å². The van der Waals surface area contributed by atoms with Crippen LogP contribution in [0.1, 0.15) is 18.9 Å². The molecule has 0 bridgehead atoms. The molecule has 0 aliphatic carbocycles. The molecule has 0 N–H and O–H groups in total. The number of hydrogen-bond donors (Lipinski definition) is 0. The molecule has 1 nitrogen and oxygen atoms in total. The molecule has 1 unspecified atom stereocenters. The van der Waals surface area contributed by atoms with Crippen molar-refractivity contribution in [2.24, 2.45) is 0 Å². The molecule has 0 amide bonds. The number of halogens is 18. The fraction of sp³-hybridized carbons (Fsp3) is 0.667. The highest BCUT2D eigenvalue weighted by Gasteiger charge is 2.95. The van der Waals surface area contributed by atoms with Gasteiger partial charge in [-0.3, -0.25) is 0 Å². The summed E-state index contributed by atoms with van der Waals surface area (Å²) in [6, 6.07) is 3.91. The van der Waals surface area contributed by atoms with Crippen LogP contribution in [0.5, 0.6) is 0 Å². The quantitative estimate of drug-likeness (QED) is 0.231. The molecule has 0 aliphatic heterocycles. The molecule has 1 aromatic carbocycles. The average Bonchev–Trinajstić information content (AvgIpc) is 2.72. The van der Waals surface area contributed by atoms with Gasteiger partial charge in [-0.2, -0.15) is 74.6 Å². The zero-order chi connectivity index (χ0) is 29.9. The fourth-order valence-electron chi connectivity index (χ4n) is 2.83. The van der Waals surface area contributed by atoms with Gasteiger partial charge < -0.3 is 4.74 Å². The van der Waals surface area contributed by atoms with Crippen LogP contribution in [0, 0.1) is 0 Å². The molecule has 0 saturated carbocycles. The highest BCUT2D eigenvalue weighted by atomic mass is 79.9. The normalized spacial score (nSPS) is 17.1. The Kier molecular flexibility index (Phi) is 8.41. The van der Waals surface area contributed by atoms with Crippen LogP contribution < -0.4 is 0 Å². The van der Waals surface area contributed by atoms with E-state index in [1.807, 2.05) is 0 Å². The molecular formula is C18H12BrF17O. The van der Waals surface area contributed by atoms with Crippen LogP contribution in [-0.2, 0) is 10.3 Å². The lowest BCUT2D eigenvalue weighted by Gasteiger charge is -2.44. The highest BCUT2D eigenvalue weighted by Crippen LogP contribution is 2.64. The number of benzene rings is 1. The Balaban J connectivity index is 3.65. The third kappa shape index (κ3) is 4.86. The Morgan fingerprint density at radius 2 is 0.892 bits per heavy atom. The van der Waals surface area contributed by atoms with E-state index in [4.69, 9.17) is 0 Å². The summed E-state index contributed by atoms with van der Waals surface area (Å²) in [6.07, 6.45) is -10.5. The Labute approximate surface area is 204 Å². The Morgan fingerprint density at radius 3 is 1.22 bits per heavy atom. The van der Waals surface area contributed by atoms with Gasteiger partial charge in [0.15, 0.2) is 0 Å². The maximum absolute atomic E-state index is 14.4. The second kappa shape index (κ2) is 9.29. The third-order valence-corrected chi connectivity index (χ3v) is 5.78. The fourth-order valence-corrected chi connectivity index (χ4v) is 3.09. The second-order valence-corrected chi connectivity index (χ2v) is 8.68. The van der Waals surface area contributed by atoms with Crippen molar-refractivity contribution in [1.82, 2.24) is 0 Å².